The summed E-state index contributed by atoms with van der Waals surface area (Å²) in [5.74, 6) is -1.01. The molecule has 0 aromatic carbocycles. The van der Waals surface area contributed by atoms with E-state index in [0.29, 0.717) is 6.54 Å². The van der Waals surface area contributed by atoms with Gasteiger partial charge >= 0.3 is 5.97 Å². The summed E-state index contributed by atoms with van der Waals surface area (Å²) in [6, 6.07) is 3.20. The van der Waals surface area contributed by atoms with Crippen LogP contribution in [0.4, 0.5) is 0 Å². The van der Waals surface area contributed by atoms with Crippen LogP contribution in [0.15, 0.2) is 18.3 Å². The summed E-state index contributed by atoms with van der Waals surface area (Å²) in [6.45, 7) is 0.550. The van der Waals surface area contributed by atoms with Crippen molar-refractivity contribution in [3.05, 3.63) is 29.6 Å². The number of aromatic nitrogens is 1. The van der Waals surface area contributed by atoms with Crippen LogP contribution in [0, 0.1) is 0 Å². The Morgan fingerprint density at radius 3 is 2.75 bits per heavy atom. The number of nitrogens with zero attached hydrogens (tertiary/aromatic N) is 1. The number of pyridine rings is 1. The van der Waals surface area contributed by atoms with Gasteiger partial charge < -0.3 is 10.8 Å². The van der Waals surface area contributed by atoms with Crippen LogP contribution in [-0.2, 0) is 6.42 Å². The van der Waals surface area contributed by atoms with Crippen LogP contribution >= 0.6 is 0 Å². The lowest BCUT2D eigenvalue weighted by molar-refractivity contribution is 0.0690. The summed E-state index contributed by atoms with van der Waals surface area (Å²) < 4.78 is 0. The first kappa shape index (κ1) is 8.67. The maximum atomic E-state index is 10.4. The Labute approximate surface area is 70.0 Å². The molecular weight excluding hydrogens is 156 g/mol. The molecule has 1 heterocycles. The molecule has 0 spiro atoms. The molecule has 3 N–H and O–H groups in total. The normalized spacial score (nSPS) is 9.75. The van der Waals surface area contributed by atoms with Crippen molar-refractivity contribution in [1.82, 2.24) is 4.98 Å². The fraction of sp³-hybridized carbons (Fsp3) is 0.250. The second-order valence-corrected chi connectivity index (χ2v) is 2.40. The summed E-state index contributed by atoms with van der Waals surface area (Å²) >= 11 is 0. The van der Waals surface area contributed by atoms with Gasteiger partial charge in [-0.2, -0.15) is 0 Å². The van der Waals surface area contributed by atoms with Crippen molar-refractivity contribution >= 4 is 5.97 Å². The summed E-state index contributed by atoms with van der Waals surface area (Å²) in [5, 5.41) is 8.52. The lowest BCUT2D eigenvalue weighted by Crippen LogP contribution is -2.05. The van der Waals surface area contributed by atoms with Crippen molar-refractivity contribution in [2.24, 2.45) is 5.73 Å². The molecule has 4 nitrogen and oxygen atoms in total. The van der Waals surface area contributed by atoms with Gasteiger partial charge in [-0.15, -0.1) is 0 Å². The third-order valence-electron chi connectivity index (χ3n) is 1.48. The predicted octanol–water partition coefficient (Wildman–Crippen LogP) is 0.281. The minimum absolute atomic E-state index is 0.0655. The number of carboxylic acid groups (broad SMARTS) is 1. The van der Waals surface area contributed by atoms with Gasteiger partial charge in [0.15, 0.2) is 0 Å². The van der Waals surface area contributed by atoms with E-state index < -0.39 is 5.97 Å². The molecular formula is C8H10N2O2. The number of hydrogen-bond donors (Lipinski definition) is 2. The minimum atomic E-state index is -1.01. The lowest BCUT2D eigenvalue weighted by Gasteiger charge is -1.97. The van der Waals surface area contributed by atoms with Crippen LogP contribution in [0.3, 0.4) is 0 Å². The van der Waals surface area contributed by atoms with E-state index in [1.165, 1.54) is 12.3 Å². The first-order valence-corrected chi connectivity index (χ1v) is 3.62. The molecule has 0 atom stereocenters. The number of hydrogen-bond acceptors (Lipinski definition) is 3. The lowest BCUT2D eigenvalue weighted by atomic mass is 10.2. The van der Waals surface area contributed by atoms with E-state index in [2.05, 4.69) is 4.98 Å². The Hall–Kier alpha value is -1.42. The fourth-order valence-corrected chi connectivity index (χ4v) is 0.866. The SMILES string of the molecule is NCCc1ccc(C(=O)O)nc1. The molecule has 0 aliphatic rings. The first-order valence-electron chi connectivity index (χ1n) is 3.62. The Kier molecular flexibility index (Phi) is 2.76. The summed E-state index contributed by atoms with van der Waals surface area (Å²) in [4.78, 5) is 14.1. The highest BCUT2D eigenvalue weighted by atomic mass is 16.4. The van der Waals surface area contributed by atoms with Crippen LogP contribution in [0.1, 0.15) is 16.1 Å². The molecule has 0 saturated carbocycles. The molecule has 0 fully saturated rings. The van der Waals surface area contributed by atoms with Crippen molar-refractivity contribution in [3.8, 4) is 0 Å². The van der Waals surface area contributed by atoms with E-state index in [1.54, 1.807) is 6.07 Å². The van der Waals surface area contributed by atoms with Gasteiger partial charge in [-0.1, -0.05) is 6.07 Å². The van der Waals surface area contributed by atoms with E-state index in [1.807, 2.05) is 0 Å². The largest absolute Gasteiger partial charge is 0.477 e. The molecule has 4 heteroatoms. The van der Waals surface area contributed by atoms with E-state index in [9.17, 15) is 4.79 Å². The van der Waals surface area contributed by atoms with E-state index in [-0.39, 0.29) is 5.69 Å². The van der Waals surface area contributed by atoms with Gasteiger partial charge in [0, 0.05) is 6.20 Å². The number of carboxylic acids is 1. The van der Waals surface area contributed by atoms with Crippen molar-refractivity contribution < 1.29 is 9.90 Å². The molecule has 1 aromatic heterocycles. The number of carbonyl (C=O) groups is 1. The molecule has 0 radical (unpaired) electrons. The average molecular weight is 166 g/mol. The Balaban J connectivity index is 2.78. The van der Waals surface area contributed by atoms with Gasteiger partial charge in [0.2, 0.25) is 0 Å². The smallest absolute Gasteiger partial charge is 0.354 e. The quantitative estimate of drug-likeness (QED) is 0.676. The van der Waals surface area contributed by atoms with Gasteiger partial charge in [-0.25, -0.2) is 9.78 Å². The number of rotatable bonds is 3. The molecule has 64 valence electrons. The van der Waals surface area contributed by atoms with Crippen molar-refractivity contribution in [1.29, 1.82) is 0 Å². The Bertz CT molecular complexity index is 269. The van der Waals surface area contributed by atoms with Crippen molar-refractivity contribution in [2.75, 3.05) is 6.54 Å². The van der Waals surface area contributed by atoms with Crippen LogP contribution in [0.5, 0.6) is 0 Å². The summed E-state index contributed by atoms with van der Waals surface area (Å²) in [6.07, 6.45) is 2.27. The van der Waals surface area contributed by atoms with Crippen LogP contribution in [0.2, 0.25) is 0 Å². The predicted molar refractivity (Wildman–Crippen MR) is 44.0 cm³/mol. The highest BCUT2D eigenvalue weighted by molar-refractivity contribution is 5.85. The van der Waals surface area contributed by atoms with Gasteiger partial charge in [-0.3, -0.25) is 0 Å². The van der Waals surface area contributed by atoms with Crippen molar-refractivity contribution in [3.63, 3.8) is 0 Å². The Morgan fingerprint density at radius 1 is 1.58 bits per heavy atom. The molecule has 12 heavy (non-hydrogen) atoms. The number of nitrogens with two attached hydrogens (primary N) is 1. The van der Waals surface area contributed by atoms with E-state index in [0.717, 1.165) is 12.0 Å². The third kappa shape index (κ3) is 2.03. The first-order chi connectivity index (χ1) is 5.74. The molecule has 1 aromatic rings. The molecule has 0 saturated heterocycles. The zero-order chi connectivity index (χ0) is 8.97. The van der Waals surface area contributed by atoms with Crippen molar-refractivity contribution in [2.45, 2.75) is 6.42 Å². The highest BCUT2D eigenvalue weighted by Gasteiger charge is 2.02. The average Bonchev–Trinajstić information content (AvgIpc) is 2.06. The zero-order valence-corrected chi connectivity index (χ0v) is 6.53. The van der Waals surface area contributed by atoms with Gasteiger partial charge in [0.25, 0.3) is 0 Å². The monoisotopic (exact) mass is 166 g/mol. The van der Waals surface area contributed by atoms with E-state index >= 15 is 0 Å². The maximum absolute atomic E-state index is 10.4. The fourth-order valence-electron chi connectivity index (χ4n) is 0.866. The van der Waals surface area contributed by atoms with Crippen LogP contribution in [-0.4, -0.2) is 22.6 Å². The van der Waals surface area contributed by atoms with E-state index in [4.69, 9.17) is 10.8 Å². The molecule has 0 unspecified atom stereocenters. The molecule has 0 aliphatic heterocycles. The summed E-state index contributed by atoms with van der Waals surface area (Å²) in [7, 11) is 0. The second kappa shape index (κ2) is 3.82. The third-order valence-corrected chi connectivity index (χ3v) is 1.48. The molecule has 1 rings (SSSR count). The minimum Gasteiger partial charge on any atom is -0.477 e. The molecule has 0 aliphatic carbocycles. The highest BCUT2D eigenvalue weighted by Crippen LogP contribution is 2.00. The number of aromatic carboxylic acids is 1. The van der Waals surface area contributed by atoms with Gasteiger partial charge in [-0.05, 0) is 24.6 Å². The topological polar surface area (TPSA) is 76.2 Å². The summed E-state index contributed by atoms with van der Waals surface area (Å²) in [5.41, 5.74) is 6.34. The zero-order valence-electron chi connectivity index (χ0n) is 6.53. The van der Waals surface area contributed by atoms with Crippen LogP contribution < -0.4 is 5.73 Å². The van der Waals surface area contributed by atoms with Crippen LogP contribution in [0.25, 0.3) is 0 Å². The van der Waals surface area contributed by atoms with Gasteiger partial charge in [0.05, 0.1) is 0 Å². The Morgan fingerprint density at radius 2 is 2.33 bits per heavy atom. The standard InChI is InChI=1S/C8H10N2O2/c9-4-3-6-1-2-7(8(11)12)10-5-6/h1-2,5H,3-4,9H2,(H,11,12). The second-order valence-electron chi connectivity index (χ2n) is 2.40. The molecule has 0 amide bonds. The molecule has 0 bridgehead atoms. The van der Waals surface area contributed by atoms with Gasteiger partial charge in [0.1, 0.15) is 5.69 Å². The maximum Gasteiger partial charge on any atom is 0.354 e.